The maximum Gasteiger partial charge on any atom is 0.277 e. The highest BCUT2D eigenvalue weighted by atomic mass is 16.5. The van der Waals surface area contributed by atoms with Gasteiger partial charge in [-0.05, 0) is 29.7 Å². The maximum absolute atomic E-state index is 12.6. The van der Waals surface area contributed by atoms with Crippen LogP contribution in [0.5, 0.6) is 11.5 Å². The van der Waals surface area contributed by atoms with E-state index in [-0.39, 0.29) is 18.1 Å². The molecule has 0 atom stereocenters. The van der Waals surface area contributed by atoms with Crippen LogP contribution in [0.15, 0.2) is 65.8 Å². The highest BCUT2D eigenvalue weighted by molar-refractivity contribution is 6.59. The lowest BCUT2D eigenvalue weighted by molar-refractivity contribution is -0.123. The van der Waals surface area contributed by atoms with E-state index in [9.17, 15) is 9.59 Å². The van der Waals surface area contributed by atoms with E-state index >= 15 is 0 Å². The summed E-state index contributed by atoms with van der Waals surface area (Å²) in [7, 11) is 1.57. The van der Waals surface area contributed by atoms with Crippen molar-refractivity contribution < 1.29 is 19.1 Å². The van der Waals surface area contributed by atoms with Gasteiger partial charge in [0.05, 0.1) is 7.11 Å². The second-order valence-electron chi connectivity index (χ2n) is 6.00. The minimum atomic E-state index is -0.450. The van der Waals surface area contributed by atoms with Crippen molar-refractivity contribution in [2.24, 2.45) is 5.10 Å². The number of ether oxygens (including phenoxy) is 2. The summed E-state index contributed by atoms with van der Waals surface area (Å²) in [6, 6.07) is 18.1. The monoisotopic (exact) mass is 360 g/mol. The molecule has 0 fully saturated rings. The molecule has 27 heavy (non-hydrogen) atoms. The molecule has 4 rings (SSSR count). The average molecular weight is 360 g/mol. The van der Waals surface area contributed by atoms with Crippen molar-refractivity contribution in [3.8, 4) is 11.5 Å². The minimum Gasteiger partial charge on any atom is -0.497 e. The van der Waals surface area contributed by atoms with Crippen LogP contribution >= 0.6 is 0 Å². The number of amides is 1. The zero-order valence-electron chi connectivity index (χ0n) is 14.6. The quantitative estimate of drug-likeness (QED) is 0.710. The van der Waals surface area contributed by atoms with E-state index in [0.717, 1.165) is 16.3 Å². The highest BCUT2D eigenvalue weighted by Crippen LogP contribution is 2.30. The van der Waals surface area contributed by atoms with Crippen LogP contribution in [0.2, 0.25) is 0 Å². The van der Waals surface area contributed by atoms with Crippen molar-refractivity contribution in [2.45, 2.75) is 0 Å². The second-order valence-corrected chi connectivity index (χ2v) is 6.00. The fourth-order valence-electron chi connectivity index (χ4n) is 3.06. The number of nitrogens with one attached hydrogen (secondary N) is 1. The fourth-order valence-corrected chi connectivity index (χ4v) is 3.06. The van der Waals surface area contributed by atoms with Crippen molar-refractivity contribution in [3.63, 3.8) is 0 Å². The fraction of sp³-hybridized carbons (Fsp3) is 0.0952. The Morgan fingerprint density at radius 1 is 0.963 bits per heavy atom. The van der Waals surface area contributed by atoms with Gasteiger partial charge in [-0.2, -0.15) is 5.10 Å². The second kappa shape index (κ2) is 6.92. The molecule has 1 amide bonds. The number of nitrogens with zero attached hydrogens (tertiary/aromatic N) is 1. The Morgan fingerprint density at radius 2 is 1.63 bits per heavy atom. The van der Waals surface area contributed by atoms with Crippen molar-refractivity contribution in [1.82, 2.24) is 5.43 Å². The van der Waals surface area contributed by atoms with Gasteiger partial charge in [0.1, 0.15) is 17.2 Å². The standard InChI is InChI=1S/C21H16N2O4/c1-26-14-8-10-15(11-9-14)27-12-18(24)22-23-20-16-6-2-4-13-5-3-7-17(19(13)16)21(20)25/h2-11H,12H2,1H3,(H,22,24)/b23-20-. The number of hydrazone groups is 1. The zero-order valence-corrected chi connectivity index (χ0v) is 14.6. The molecule has 0 saturated carbocycles. The lowest BCUT2D eigenvalue weighted by Gasteiger charge is -2.06. The lowest BCUT2D eigenvalue weighted by Crippen LogP contribution is -2.27. The van der Waals surface area contributed by atoms with Gasteiger partial charge < -0.3 is 9.47 Å². The molecule has 3 aromatic carbocycles. The first-order valence-corrected chi connectivity index (χ1v) is 8.37. The first kappa shape index (κ1) is 16.8. The summed E-state index contributed by atoms with van der Waals surface area (Å²) < 4.78 is 10.5. The van der Waals surface area contributed by atoms with Gasteiger partial charge >= 0.3 is 0 Å². The number of Topliss-reactive ketones (excluding diaryl/α,β-unsaturated/α-hetero) is 1. The van der Waals surface area contributed by atoms with Crippen LogP contribution in [0.3, 0.4) is 0 Å². The van der Waals surface area contributed by atoms with Gasteiger partial charge in [-0.3, -0.25) is 9.59 Å². The van der Waals surface area contributed by atoms with Crippen molar-refractivity contribution in [1.29, 1.82) is 0 Å². The Morgan fingerprint density at radius 3 is 2.33 bits per heavy atom. The van der Waals surface area contributed by atoms with Crippen LogP contribution in [0.1, 0.15) is 15.9 Å². The Hall–Kier alpha value is -3.67. The van der Waals surface area contributed by atoms with E-state index in [1.165, 1.54) is 0 Å². The average Bonchev–Trinajstić information content (AvgIpc) is 2.99. The third-order valence-corrected chi connectivity index (χ3v) is 4.34. The van der Waals surface area contributed by atoms with Crippen molar-refractivity contribution in [2.75, 3.05) is 13.7 Å². The number of hydrogen-bond donors (Lipinski definition) is 1. The maximum atomic E-state index is 12.6. The number of ketones is 1. The number of carbonyl (C=O) groups excluding carboxylic acids is 2. The van der Waals surface area contributed by atoms with Crippen LogP contribution < -0.4 is 14.9 Å². The molecule has 134 valence electrons. The molecule has 0 aromatic heterocycles. The van der Waals surface area contributed by atoms with E-state index in [4.69, 9.17) is 9.47 Å². The molecule has 0 spiro atoms. The topological polar surface area (TPSA) is 77.0 Å². The number of rotatable bonds is 5. The molecule has 0 aliphatic heterocycles. The van der Waals surface area contributed by atoms with Gasteiger partial charge in [-0.25, -0.2) is 5.43 Å². The van der Waals surface area contributed by atoms with E-state index in [2.05, 4.69) is 10.5 Å². The van der Waals surface area contributed by atoms with Crippen LogP contribution in [0, 0.1) is 0 Å². The van der Waals surface area contributed by atoms with Crippen molar-refractivity contribution >= 4 is 28.2 Å². The molecule has 0 radical (unpaired) electrons. The number of benzene rings is 3. The van der Waals surface area contributed by atoms with E-state index in [0.29, 0.717) is 17.1 Å². The summed E-state index contributed by atoms with van der Waals surface area (Å²) >= 11 is 0. The predicted molar refractivity (Wildman–Crippen MR) is 101 cm³/mol. The van der Waals surface area contributed by atoms with Crippen LogP contribution in [0.4, 0.5) is 0 Å². The summed E-state index contributed by atoms with van der Waals surface area (Å²) in [6.07, 6.45) is 0. The Balaban J connectivity index is 1.46. The SMILES string of the molecule is COc1ccc(OCC(=O)N/N=C2\C(=O)c3cccc4cccc2c34)cc1. The van der Waals surface area contributed by atoms with Crippen LogP contribution in [-0.4, -0.2) is 31.1 Å². The molecule has 0 unspecified atom stereocenters. The Kier molecular flexibility index (Phi) is 4.30. The number of hydrogen-bond acceptors (Lipinski definition) is 5. The van der Waals surface area contributed by atoms with Gasteiger partial charge in [0.2, 0.25) is 5.78 Å². The predicted octanol–water partition coefficient (Wildman–Crippen LogP) is 2.94. The van der Waals surface area contributed by atoms with Crippen LogP contribution in [-0.2, 0) is 4.79 Å². The molecule has 1 aliphatic carbocycles. The summed E-state index contributed by atoms with van der Waals surface area (Å²) in [5.41, 5.74) is 3.97. The van der Waals surface area contributed by atoms with E-state index in [1.54, 1.807) is 37.4 Å². The molecule has 1 aliphatic rings. The van der Waals surface area contributed by atoms with E-state index in [1.807, 2.05) is 30.3 Å². The molecule has 1 N–H and O–H groups in total. The molecule has 6 nitrogen and oxygen atoms in total. The first-order chi connectivity index (χ1) is 13.2. The zero-order chi connectivity index (χ0) is 18.8. The molecule has 6 heteroatoms. The van der Waals surface area contributed by atoms with Gasteiger partial charge in [-0.1, -0.05) is 36.4 Å². The van der Waals surface area contributed by atoms with Gasteiger partial charge in [0.25, 0.3) is 5.91 Å². The largest absolute Gasteiger partial charge is 0.497 e. The molecule has 0 saturated heterocycles. The highest BCUT2D eigenvalue weighted by Gasteiger charge is 2.28. The molecular formula is C21H16N2O4. The smallest absolute Gasteiger partial charge is 0.277 e. The van der Waals surface area contributed by atoms with Gasteiger partial charge in [-0.15, -0.1) is 0 Å². The summed E-state index contributed by atoms with van der Waals surface area (Å²) in [5.74, 6) is 0.590. The number of carbonyl (C=O) groups is 2. The van der Waals surface area contributed by atoms with Crippen molar-refractivity contribution in [3.05, 3.63) is 71.8 Å². The molecular weight excluding hydrogens is 344 g/mol. The minimum absolute atomic E-state index is 0.196. The van der Waals surface area contributed by atoms with Gasteiger partial charge in [0.15, 0.2) is 6.61 Å². The van der Waals surface area contributed by atoms with Crippen LogP contribution in [0.25, 0.3) is 10.8 Å². The van der Waals surface area contributed by atoms with E-state index < -0.39 is 5.91 Å². The van der Waals surface area contributed by atoms with Gasteiger partial charge in [0, 0.05) is 16.5 Å². The Bertz CT molecular complexity index is 1070. The third-order valence-electron chi connectivity index (χ3n) is 4.34. The lowest BCUT2D eigenvalue weighted by atomic mass is 10.1. The summed E-state index contributed by atoms with van der Waals surface area (Å²) in [6.45, 7) is -0.214. The summed E-state index contributed by atoms with van der Waals surface area (Å²) in [5, 5.41) is 5.89. The third kappa shape index (κ3) is 3.13. The first-order valence-electron chi connectivity index (χ1n) is 8.37. The normalized spacial score (nSPS) is 13.8. The summed E-state index contributed by atoms with van der Waals surface area (Å²) in [4.78, 5) is 24.6. The Labute approximate surface area is 155 Å². The molecule has 0 heterocycles. The molecule has 0 bridgehead atoms. The number of methoxy groups -OCH3 is 1. The molecule has 3 aromatic rings.